The van der Waals surface area contributed by atoms with E-state index in [1.54, 1.807) is 0 Å². The Morgan fingerprint density at radius 1 is 0.667 bits per heavy atom. The molecule has 146 valence electrons. The molecule has 0 unspecified atom stereocenters. The molecule has 3 nitrogen and oxygen atoms in total. The van der Waals surface area contributed by atoms with E-state index in [9.17, 15) is 0 Å². The first-order valence-electron chi connectivity index (χ1n) is 10.6. The molecule has 0 bridgehead atoms. The van der Waals surface area contributed by atoms with E-state index in [0.29, 0.717) is 6.73 Å². The van der Waals surface area contributed by atoms with Gasteiger partial charge in [-0.1, -0.05) is 90.4 Å². The van der Waals surface area contributed by atoms with Gasteiger partial charge in [0.2, 0.25) is 0 Å². The number of hydrogen-bond acceptors (Lipinski definition) is 2. The highest BCUT2D eigenvalue weighted by Gasteiger charge is 2.13. The van der Waals surface area contributed by atoms with Gasteiger partial charge in [-0.3, -0.25) is 0 Å². The summed E-state index contributed by atoms with van der Waals surface area (Å²) in [5.41, 5.74) is 0. The fraction of sp³-hybridized carbons (Fsp3) is 1.00. The predicted molar refractivity (Wildman–Crippen MR) is 105 cm³/mol. The van der Waals surface area contributed by atoms with E-state index < -0.39 is 0 Å². The van der Waals surface area contributed by atoms with Gasteiger partial charge in [-0.2, -0.15) is 0 Å². The number of rotatable bonds is 19. The minimum Gasteiger partial charge on any atom is -0.391 e. The van der Waals surface area contributed by atoms with Crippen LogP contribution in [0.5, 0.6) is 0 Å². The number of ether oxygens (including phenoxy) is 1. The lowest BCUT2D eigenvalue weighted by molar-refractivity contribution is -0.910. The van der Waals surface area contributed by atoms with Gasteiger partial charge in [0.05, 0.1) is 27.3 Å². The van der Waals surface area contributed by atoms with Crippen LogP contribution in [0, 0.1) is 0 Å². The largest absolute Gasteiger partial charge is 0.391 e. The first kappa shape index (κ1) is 23.9. The molecule has 24 heavy (non-hydrogen) atoms. The number of unbranched alkanes of at least 4 members (excludes halogenated alkanes) is 13. The lowest BCUT2D eigenvalue weighted by atomic mass is 10.0. The van der Waals surface area contributed by atoms with Crippen molar-refractivity contribution in [1.29, 1.82) is 0 Å². The average molecular weight is 345 g/mol. The Morgan fingerprint density at radius 2 is 1.08 bits per heavy atom. The summed E-state index contributed by atoms with van der Waals surface area (Å²) < 4.78 is 6.46. The molecule has 0 fully saturated rings. The minimum atomic E-state index is 0.231. The fourth-order valence-corrected chi connectivity index (χ4v) is 3.05. The lowest BCUT2D eigenvalue weighted by Crippen LogP contribution is -2.43. The smallest absolute Gasteiger partial charge is 0.182 e. The molecule has 0 aromatic heterocycles. The molecule has 0 saturated carbocycles. The minimum absolute atomic E-state index is 0.231. The highest BCUT2D eigenvalue weighted by atomic mass is 16.5. The van der Waals surface area contributed by atoms with Crippen LogP contribution < -0.4 is 0 Å². The van der Waals surface area contributed by atoms with E-state index in [2.05, 4.69) is 21.0 Å². The van der Waals surface area contributed by atoms with Crippen LogP contribution in [0.4, 0.5) is 0 Å². The number of aliphatic hydroxyl groups is 1. The van der Waals surface area contributed by atoms with Crippen LogP contribution in [0.1, 0.15) is 96.8 Å². The predicted octanol–water partition coefficient (Wildman–Crippen LogP) is 5.51. The van der Waals surface area contributed by atoms with Gasteiger partial charge in [0, 0.05) is 0 Å². The number of aliphatic hydroxyl groups excluding tert-OH is 1. The van der Waals surface area contributed by atoms with Crippen LogP contribution in [0.25, 0.3) is 0 Å². The standard InChI is InChI=1S/C21H46NO2/c1-4-5-6-7-8-9-10-11-12-13-14-15-16-17-20-24-21-22(2,3)18-19-23/h23H,4-21H2,1-3H3/q+1. The van der Waals surface area contributed by atoms with Gasteiger partial charge in [0.15, 0.2) is 6.73 Å². The SMILES string of the molecule is CCCCCCCCCCCCCCCCOC[N+](C)(C)CCO. The van der Waals surface area contributed by atoms with Gasteiger partial charge in [-0.15, -0.1) is 0 Å². The van der Waals surface area contributed by atoms with Crippen molar-refractivity contribution in [2.24, 2.45) is 0 Å². The van der Waals surface area contributed by atoms with Crippen LogP contribution in [-0.4, -0.2) is 50.2 Å². The summed E-state index contributed by atoms with van der Waals surface area (Å²) in [6.07, 6.45) is 19.5. The molecule has 0 aromatic carbocycles. The summed E-state index contributed by atoms with van der Waals surface area (Å²) in [5.74, 6) is 0. The molecule has 0 aliphatic carbocycles. The molecule has 3 heteroatoms. The monoisotopic (exact) mass is 344 g/mol. The average Bonchev–Trinajstić information content (AvgIpc) is 2.54. The van der Waals surface area contributed by atoms with Crippen LogP contribution in [0.2, 0.25) is 0 Å². The van der Waals surface area contributed by atoms with Crippen molar-refractivity contribution in [3.05, 3.63) is 0 Å². The van der Waals surface area contributed by atoms with Crippen LogP contribution >= 0.6 is 0 Å². The number of likely N-dealkylation sites (N-methyl/N-ethyl adjacent to an activating group) is 1. The Morgan fingerprint density at radius 3 is 1.50 bits per heavy atom. The Hall–Kier alpha value is -0.120. The summed E-state index contributed by atoms with van der Waals surface area (Å²) in [6, 6.07) is 0. The highest BCUT2D eigenvalue weighted by molar-refractivity contribution is 4.49. The second kappa shape index (κ2) is 17.7. The van der Waals surface area contributed by atoms with Crippen molar-refractivity contribution in [3.8, 4) is 0 Å². The van der Waals surface area contributed by atoms with E-state index in [-0.39, 0.29) is 6.61 Å². The van der Waals surface area contributed by atoms with Crippen molar-refractivity contribution in [3.63, 3.8) is 0 Å². The third kappa shape index (κ3) is 18.2. The molecule has 0 heterocycles. The van der Waals surface area contributed by atoms with Gasteiger partial charge >= 0.3 is 0 Å². The summed E-state index contributed by atoms with van der Waals surface area (Å²) in [7, 11) is 4.20. The number of hydrogen-bond donors (Lipinski definition) is 1. The summed E-state index contributed by atoms with van der Waals surface area (Å²) in [6.45, 7) is 4.85. The van der Waals surface area contributed by atoms with Gasteiger partial charge in [0.1, 0.15) is 6.54 Å². The van der Waals surface area contributed by atoms with E-state index >= 15 is 0 Å². The molecule has 1 N–H and O–H groups in total. The maximum absolute atomic E-state index is 8.97. The first-order valence-corrected chi connectivity index (χ1v) is 10.6. The van der Waals surface area contributed by atoms with Crippen LogP contribution in [0.3, 0.4) is 0 Å². The summed E-state index contributed by atoms with van der Waals surface area (Å²) in [4.78, 5) is 0. The molecule has 0 amide bonds. The molecule has 0 saturated heterocycles. The van der Waals surface area contributed by atoms with Crippen molar-refractivity contribution in [2.75, 3.05) is 40.6 Å². The molecular formula is C21H46NO2+. The fourth-order valence-electron chi connectivity index (χ4n) is 3.05. The van der Waals surface area contributed by atoms with Gasteiger partial charge in [0.25, 0.3) is 0 Å². The molecule has 0 aliphatic heterocycles. The topological polar surface area (TPSA) is 29.5 Å². The molecule has 0 aromatic rings. The van der Waals surface area contributed by atoms with Gasteiger partial charge < -0.3 is 14.3 Å². The van der Waals surface area contributed by atoms with Crippen molar-refractivity contribution < 1.29 is 14.3 Å². The van der Waals surface area contributed by atoms with Crippen LogP contribution in [0.15, 0.2) is 0 Å². The van der Waals surface area contributed by atoms with Gasteiger partial charge in [-0.05, 0) is 6.42 Å². The Kier molecular flexibility index (Phi) is 17.6. The van der Waals surface area contributed by atoms with E-state index in [4.69, 9.17) is 9.84 Å². The van der Waals surface area contributed by atoms with E-state index in [0.717, 1.165) is 17.6 Å². The summed E-state index contributed by atoms with van der Waals surface area (Å²) in [5, 5.41) is 8.97. The first-order chi connectivity index (χ1) is 11.6. The maximum atomic E-state index is 8.97. The zero-order chi connectivity index (χ0) is 17.9. The Bertz CT molecular complexity index is 244. The second-order valence-electron chi connectivity index (χ2n) is 8.02. The number of nitrogens with zero attached hydrogens (tertiary/aromatic N) is 1. The zero-order valence-corrected chi connectivity index (χ0v) is 17.0. The lowest BCUT2D eigenvalue weighted by Gasteiger charge is -2.28. The molecular weight excluding hydrogens is 298 g/mol. The normalized spacial score (nSPS) is 12.0. The molecule has 0 radical (unpaired) electrons. The molecule has 0 rings (SSSR count). The quantitative estimate of drug-likeness (QED) is 0.190. The maximum Gasteiger partial charge on any atom is 0.182 e. The van der Waals surface area contributed by atoms with Crippen molar-refractivity contribution in [1.82, 2.24) is 0 Å². The zero-order valence-electron chi connectivity index (χ0n) is 17.0. The van der Waals surface area contributed by atoms with Crippen molar-refractivity contribution in [2.45, 2.75) is 96.8 Å². The molecule has 0 aliphatic rings. The highest BCUT2D eigenvalue weighted by Crippen LogP contribution is 2.13. The third-order valence-electron chi connectivity index (χ3n) is 4.79. The van der Waals surface area contributed by atoms with E-state index in [1.165, 1.54) is 89.9 Å². The second-order valence-corrected chi connectivity index (χ2v) is 8.02. The third-order valence-corrected chi connectivity index (χ3v) is 4.79. The number of quaternary nitrogens is 1. The van der Waals surface area contributed by atoms with Crippen LogP contribution in [-0.2, 0) is 4.74 Å². The Balaban J connectivity index is 3.10. The van der Waals surface area contributed by atoms with Crippen molar-refractivity contribution >= 4 is 0 Å². The molecule has 0 atom stereocenters. The summed E-state index contributed by atoms with van der Waals surface area (Å²) >= 11 is 0. The Labute approximate surface area is 152 Å². The van der Waals surface area contributed by atoms with Gasteiger partial charge in [-0.25, -0.2) is 0 Å². The van der Waals surface area contributed by atoms with E-state index in [1.807, 2.05) is 0 Å². The molecule has 0 spiro atoms.